The summed E-state index contributed by atoms with van der Waals surface area (Å²) < 4.78 is 12.1. The number of likely N-dealkylation sites (N-methyl/N-ethyl adjacent to an activating group) is 2. The molecule has 1 unspecified atom stereocenters. The van der Waals surface area contributed by atoms with E-state index in [1.165, 1.54) is 0 Å². The molecule has 0 spiro atoms. The van der Waals surface area contributed by atoms with E-state index >= 15 is 0 Å². The molecular formula is C33H46ClN8O5+. The number of benzene rings is 2. The minimum absolute atomic E-state index is 0.00681. The minimum Gasteiger partial charge on any atom is -0.491 e. The van der Waals surface area contributed by atoms with E-state index in [1.54, 1.807) is 24.1 Å². The van der Waals surface area contributed by atoms with Crippen LogP contribution in [0.25, 0.3) is 0 Å². The molecule has 13 nitrogen and oxygen atoms in total. The maximum atomic E-state index is 13.0. The van der Waals surface area contributed by atoms with E-state index in [2.05, 4.69) is 30.5 Å². The molecule has 0 radical (unpaired) electrons. The number of Topliss-reactive ketones (excluding diaryl/α,β-unsaturated/α-hetero) is 1. The lowest BCUT2D eigenvalue weighted by Crippen LogP contribution is -2.42. The van der Waals surface area contributed by atoms with Crippen molar-refractivity contribution in [1.29, 1.82) is 0 Å². The van der Waals surface area contributed by atoms with Crippen LogP contribution in [0.1, 0.15) is 44.0 Å². The number of nitrogens with one attached hydrogen (secondary N) is 2. The van der Waals surface area contributed by atoms with E-state index in [1.807, 2.05) is 72.2 Å². The van der Waals surface area contributed by atoms with Crippen molar-refractivity contribution in [2.24, 2.45) is 0 Å². The molecule has 3 aromatic rings. The molecule has 1 amide bonds. The largest absolute Gasteiger partial charge is 0.491 e. The number of ether oxygens (including phenoxy) is 2. The number of rotatable bonds is 13. The second kappa shape index (κ2) is 15.1. The van der Waals surface area contributed by atoms with Gasteiger partial charge in [0, 0.05) is 50.5 Å². The lowest BCUT2D eigenvalue weighted by atomic mass is 10.1. The monoisotopic (exact) mass is 669 g/mol. The normalized spacial score (nSPS) is 14.9. The van der Waals surface area contributed by atoms with Crippen LogP contribution in [0.3, 0.4) is 0 Å². The molecule has 254 valence electrons. The number of aliphatic hydroxyl groups excluding tert-OH is 1. The summed E-state index contributed by atoms with van der Waals surface area (Å²) >= 11 is 6.31. The molecule has 4 rings (SSSR count). The van der Waals surface area contributed by atoms with Crippen molar-refractivity contribution in [1.82, 2.24) is 19.9 Å². The molecule has 2 aromatic carbocycles. The average Bonchev–Trinajstić information content (AvgIpc) is 3.46. The highest BCUT2D eigenvalue weighted by Crippen LogP contribution is 2.34. The molecule has 3 N–H and O–H groups in total. The molecule has 1 aliphatic rings. The summed E-state index contributed by atoms with van der Waals surface area (Å²) in [7, 11) is 7.64. The third kappa shape index (κ3) is 10.4. The molecule has 1 saturated heterocycles. The van der Waals surface area contributed by atoms with Gasteiger partial charge in [0.05, 0.1) is 45.2 Å². The fourth-order valence-corrected chi connectivity index (χ4v) is 5.17. The molecule has 47 heavy (non-hydrogen) atoms. The van der Waals surface area contributed by atoms with Crippen LogP contribution in [0, 0.1) is 0 Å². The van der Waals surface area contributed by atoms with Gasteiger partial charge in [-0.25, -0.2) is 4.79 Å². The maximum Gasteiger partial charge on any atom is 0.410 e. The Morgan fingerprint density at radius 1 is 1.06 bits per heavy atom. The van der Waals surface area contributed by atoms with Crippen molar-refractivity contribution in [3.63, 3.8) is 0 Å². The van der Waals surface area contributed by atoms with Gasteiger partial charge in [-0.3, -0.25) is 4.79 Å². The zero-order valence-electron chi connectivity index (χ0n) is 28.2. The van der Waals surface area contributed by atoms with Gasteiger partial charge in [0.15, 0.2) is 0 Å². The summed E-state index contributed by atoms with van der Waals surface area (Å²) in [5, 5.41) is 15.6. The third-order valence-electron chi connectivity index (χ3n) is 7.23. The molecule has 0 bridgehead atoms. The van der Waals surface area contributed by atoms with Crippen LogP contribution < -0.4 is 20.3 Å². The second-order valence-electron chi connectivity index (χ2n) is 13.5. The lowest BCUT2D eigenvalue weighted by Gasteiger charge is -2.29. The van der Waals surface area contributed by atoms with E-state index in [4.69, 9.17) is 21.1 Å². The van der Waals surface area contributed by atoms with E-state index in [9.17, 15) is 14.7 Å². The lowest BCUT2D eigenvalue weighted by molar-refractivity contribution is -0.861. The van der Waals surface area contributed by atoms with Crippen LogP contribution in [0.2, 0.25) is 5.28 Å². The van der Waals surface area contributed by atoms with Crippen LogP contribution in [0.15, 0.2) is 42.5 Å². The zero-order chi connectivity index (χ0) is 34.4. The molecule has 1 aromatic heterocycles. The van der Waals surface area contributed by atoms with Gasteiger partial charge >= 0.3 is 6.09 Å². The first-order chi connectivity index (χ1) is 22.1. The molecule has 0 aliphatic carbocycles. The fraction of sp³-hybridized carbons (Fsp3) is 0.485. The number of quaternary nitrogens is 1. The highest BCUT2D eigenvalue weighted by Gasteiger charge is 2.31. The summed E-state index contributed by atoms with van der Waals surface area (Å²) in [5.74, 6) is 0.837. The predicted octanol–water partition coefficient (Wildman–Crippen LogP) is 5.11. The van der Waals surface area contributed by atoms with Gasteiger partial charge in [-0.2, -0.15) is 15.0 Å². The topological polar surface area (TPSA) is 142 Å². The number of hydrogen-bond donors (Lipinski definition) is 3. The first-order valence-corrected chi connectivity index (χ1v) is 16.0. The number of carbonyl (C=O) groups excluding carboxylic acids is 2. The Kier molecular flexibility index (Phi) is 11.5. The second-order valence-corrected chi connectivity index (χ2v) is 13.8. The van der Waals surface area contributed by atoms with Crippen LogP contribution in [0.4, 0.5) is 33.8 Å². The maximum absolute atomic E-state index is 13.0. The van der Waals surface area contributed by atoms with Crippen molar-refractivity contribution in [3.8, 4) is 5.75 Å². The molecule has 14 heteroatoms. The van der Waals surface area contributed by atoms with Crippen LogP contribution in [-0.4, -0.2) is 114 Å². The average molecular weight is 670 g/mol. The van der Waals surface area contributed by atoms with Crippen LogP contribution >= 0.6 is 11.6 Å². The Hall–Kier alpha value is -4.20. The number of anilines is 5. The number of aliphatic hydroxyl groups is 1. The molecule has 1 atom stereocenters. The smallest absolute Gasteiger partial charge is 0.410 e. The summed E-state index contributed by atoms with van der Waals surface area (Å²) in [4.78, 5) is 42.5. The van der Waals surface area contributed by atoms with Gasteiger partial charge in [-0.15, -0.1) is 0 Å². The van der Waals surface area contributed by atoms with Gasteiger partial charge in [0.2, 0.25) is 23.0 Å². The predicted molar refractivity (Wildman–Crippen MR) is 183 cm³/mol. The number of ketones is 1. The Balaban J connectivity index is 1.53. The van der Waals surface area contributed by atoms with Gasteiger partial charge < -0.3 is 39.5 Å². The van der Waals surface area contributed by atoms with Gasteiger partial charge in [-0.05, 0) is 63.1 Å². The number of para-hydroxylation sites is 1. The molecule has 1 aliphatic heterocycles. The number of aromatic nitrogens is 3. The van der Waals surface area contributed by atoms with Crippen molar-refractivity contribution >= 4 is 52.4 Å². The number of amides is 1. The summed E-state index contributed by atoms with van der Waals surface area (Å²) in [5.41, 5.74) is 2.00. The van der Waals surface area contributed by atoms with Crippen molar-refractivity contribution in [3.05, 3.63) is 53.3 Å². The standard InChI is InChI=1S/C33H45ClN8O5/c1-33(2,3)47-32(45)40(4)23-15-16-41(20-23)22-13-14-26(28(19-22)46-18-10-17-43)36-31-38-29(34)37-30(39-31)35-25-12-9-8-11-24(25)27(44)21-42(5,6)7/h8-9,11-14,19,23,43H,10,15-18,20-21H2,1-7H3,(H-,35,36,37,38,39,44)/p+1. The highest BCUT2D eigenvalue weighted by atomic mass is 35.5. The van der Waals surface area contributed by atoms with E-state index < -0.39 is 5.60 Å². The van der Waals surface area contributed by atoms with Gasteiger partial charge in [-0.1, -0.05) is 12.1 Å². The first kappa shape index (κ1) is 35.7. The fourth-order valence-electron chi connectivity index (χ4n) is 5.01. The molecule has 2 heterocycles. The van der Waals surface area contributed by atoms with Crippen molar-refractivity contribution in [2.45, 2.75) is 45.3 Å². The van der Waals surface area contributed by atoms with Gasteiger partial charge in [0.25, 0.3) is 0 Å². The number of hydrogen-bond acceptors (Lipinski definition) is 11. The number of carbonyl (C=O) groups is 2. The number of nitrogens with zero attached hydrogens (tertiary/aromatic N) is 6. The Morgan fingerprint density at radius 3 is 2.40 bits per heavy atom. The summed E-state index contributed by atoms with van der Waals surface area (Å²) in [6.07, 6.45) is 0.897. The zero-order valence-corrected chi connectivity index (χ0v) is 29.0. The number of halogens is 1. The van der Waals surface area contributed by atoms with Crippen LogP contribution in [-0.2, 0) is 4.74 Å². The van der Waals surface area contributed by atoms with E-state index in [-0.39, 0.29) is 41.7 Å². The Morgan fingerprint density at radius 2 is 1.74 bits per heavy atom. The first-order valence-electron chi connectivity index (χ1n) is 15.6. The Bertz CT molecular complexity index is 1560. The minimum atomic E-state index is -0.568. The highest BCUT2D eigenvalue weighted by molar-refractivity contribution is 6.28. The van der Waals surface area contributed by atoms with E-state index in [0.717, 1.165) is 18.7 Å². The Labute approximate surface area is 281 Å². The quantitative estimate of drug-likeness (QED) is 0.127. The van der Waals surface area contributed by atoms with Crippen molar-refractivity contribution < 1.29 is 28.7 Å². The SMILES string of the molecule is CN(C(=O)OC(C)(C)C)C1CCN(c2ccc(Nc3nc(Cl)nc(Nc4ccccc4C(=O)C[N+](C)(C)C)n3)c(OCCCO)c2)C1. The van der Waals surface area contributed by atoms with Crippen LogP contribution in [0.5, 0.6) is 5.75 Å². The van der Waals surface area contributed by atoms with Gasteiger partial charge in [0.1, 0.15) is 17.9 Å². The molecule has 1 fully saturated rings. The molecule has 0 saturated carbocycles. The third-order valence-corrected chi connectivity index (χ3v) is 7.40. The summed E-state index contributed by atoms with van der Waals surface area (Å²) in [6, 6.07) is 12.9. The molecular weight excluding hydrogens is 624 g/mol. The van der Waals surface area contributed by atoms with Crippen molar-refractivity contribution in [2.75, 3.05) is 76.6 Å². The summed E-state index contributed by atoms with van der Waals surface area (Å²) in [6.45, 7) is 7.54. The van der Waals surface area contributed by atoms with E-state index in [0.29, 0.717) is 53.3 Å².